The highest BCUT2D eigenvalue weighted by atomic mass is 16.5. The van der Waals surface area contributed by atoms with Gasteiger partial charge in [-0.1, -0.05) is 12.1 Å². The van der Waals surface area contributed by atoms with E-state index in [1.165, 1.54) is 0 Å². The van der Waals surface area contributed by atoms with Gasteiger partial charge in [-0.15, -0.1) is 0 Å². The van der Waals surface area contributed by atoms with Gasteiger partial charge in [0.15, 0.2) is 0 Å². The number of amides is 1. The molecule has 1 fully saturated rings. The van der Waals surface area contributed by atoms with Gasteiger partial charge >= 0.3 is 5.97 Å². The molecule has 0 bridgehead atoms. The largest absolute Gasteiger partial charge is 0.497 e. The van der Waals surface area contributed by atoms with Crippen LogP contribution in [0.2, 0.25) is 0 Å². The summed E-state index contributed by atoms with van der Waals surface area (Å²) in [7, 11) is 1.58. The lowest BCUT2D eigenvalue weighted by Crippen LogP contribution is -2.56. The van der Waals surface area contributed by atoms with Crippen LogP contribution in [0.25, 0.3) is 0 Å². The van der Waals surface area contributed by atoms with Crippen LogP contribution in [0.5, 0.6) is 5.75 Å². The molecule has 1 amide bonds. The average molecular weight is 306 g/mol. The number of carbonyl (C=O) groups is 2. The Balaban J connectivity index is 2.38. The summed E-state index contributed by atoms with van der Waals surface area (Å²) in [6.45, 7) is 2.70. The SMILES string of the molecule is CCOC(=O)CC1(c2cccc(OC)c2)NCCCC(=O)N1. The maximum atomic E-state index is 12.0. The highest BCUT2D eigenvalue weighted by Gasteiger charge is 2.38. The lowest BCUT2D eigenvalue weighted by molar-refractivity contribution is -0.145. The highest BCUT2D eigenvalue weighted by molar-refractivity contribution is 5.79. The summed E-state index contributed by atoms with van der Waals surface area (Å²) in [6, 6.07) is 7.33. The summed E-state index contributed by atoms with van der Waals surface area (Å²) in [5.74, 6) is 0.221. The van der Waals surface area contributed by atoms with Crippen LogP contribution < -0.4 is 15.4 Å². The molecule has 1 aromatic carbocycles. The van der Waals surface area contributed by atoms with Crippen molar-refractivity contribution in [3.8, 4) is 5.75 Å². The van der Waals surface area contributed by atoms with Gasteiger partial charge in [0, 0.05) is 6.42 Å². The van der Waals surface area contributed by atoms with E-state index in [9.17, 15) is 9.59 Å². The van der Waals surface area contributed by atoms with Crippen molar-refractivity contribution in [1.29, 1.82) is 0 Å². The summed E-state index contributed by atoms with van der Waals surface area (Å²) in [5.41, 5.74) is -0.191. The number of hydrogen-bond donors (Lipinski definition) is 2. The first kappa shape index (κ1) is 16.3. The Morgan fingerprint density at radius 3 is 2.95 bits per heavy atom. The summed E-state index contributed by atoms with van der Waals surface area (Å²) >= 11 is 0. The van der Waals surface area contributed by atoms with Crippen LogP contribution in [0, 0.1) is 0 Å². The van der Waals surface area contributed by atoms with Crippen molar-refractivity contribution < 1.29 is 19.1 Å². The molecular formula is C16H22N2O4. The summed E-state index contributed by atoms with van der Waals surface area (Å²) in [4.78, 5) is 24.0. The molecule has 6 nitrogen and oxygen atoms in total. The molecule has 0 spiro atoms. The summed E-state index contributed by atoms with van der Waals surface area (Å²) in [5, 5.41) is 6.24. The quantitative estimate of drug-likeness (QED) is 0.802. The fraction of sp³-hybridized carbons (Fsp3) is 0.500. The van der Waals surface area contributed by atoms with E-state index in [0.29, 0.717) is 25.3 Å². The Bertz CT molecular complexity index is 547. The lowest BCUT2D eigenvalue weighted by Gasteiger charge is -2.34. The Morgan fingerprint density at radius 2 is 2.23 bits per heavy atom. The van der Waals surface area contributed by atoms with Crippen molar-refractivity contribution in [2.75, 3.05) is 20.3 Å². The first-order chi connectivity index (χ1) is 10.6. The van der Waals surface area contributed by atoms with Crippen LogP contribution >= 0.6 is 0 Å². The second-order valence-corrected chi connectivity index (χ2v) is 5.20. The van der Waals surface area contributed by atoms with Crippen LogP contribution in [-0.2, 0) is 20.0 Å². The van der Waals surface area contributed by atoms with Gasteiger partial charge < -0.3 is 14.8 Å². The molecular weight excluding hydrogens is 284 g/mol. The van der Waals surface area contributed by atoms with Crippen molar-refractivity contribution in [2.24, 2.45) is 0 Å². The van der Waals surface area contributed by atoms with Crippen LogP contribution in [-0.4, -0.2) is 32.1 Å². The van der Waals surface area contributed by atoms with Crippen LogP contribution in [0.1, 0.15) is 31.7 Å². The standard InChI is InChI=1S/C16H22N2O4/c1-3-22-15(20)11-16(17-9-5-8-14(19)18-16)12-6-4-7-13(10-12)21-2/h4,6-7,10,17H,3,5,8-9,11H2,1-2H3,(H,18,19). The Kier molecular flexibility index (Phi) is 5.38. The van der Waals surface area contributed by atoms with E-state index >= 15 is 0 Å². The number of rotatable bonds is 5. The molecule has 1 heterocycles. The zero-order chi connectivity index (χ0) is 16.0. The van der Waals surface area contributed by atoms with Gasteiger partial charge in [-0.2, -0.15) is 0 Å². The second-order valence-electron chi connectivity index (χ2n) is 5.20. The highest BCUT2D eigenvalue weighted by Crippen LogP contribution is 2.28. The predicted molar refractivity (Wildman–Crippen MR) is 81.3 cm³/mol. The number of ether oxygens (including phenoxy) is 2. The van der Waals surface area contributed by atoms with Gasteiger partial charge in [0.2, 0.25) is 5.91 Å². The van der Waals surface area contributed by atoms with E-state index in [1.54, 1.807) is 14.0 Å². The first-order valence-corrected chi connectivity index (χ1v) is 7.46. The van der Waals surface area contributed by atoms with Crippen molar-refractivity contribution >= 4 is 11.9 Å². The van der Waals surface area contributed by atoms with E-state index in [1.807, 2.05) is 24.3 Å². The van der Waals surface area contributed by atoms with Gasteiger partial charge in [-0.25, -0.2) is 0 Å². The fourth-order valence-corrected chi connectivity index (χ4v) is 2.60. The maximum Gasteiger partial charge on any atom is 0.309 e. The fourth-order valence-electron chi connectivity index (χ4n) is 2.60. The first-order valence-electron chi connectivity index (χ1n) is 7.46. The molecule has 1 saturated heterocycles. The molecule has 0 aromatic heterocycles. The number of carbonyl (C=O) groups excluding carboxylic acids is 2. The molecule has 2 rings (SSSR count). The number of nitrogens with one attached hydrogen (secondary N) is 2. The van der Waals surface area contributed by atoms with E-state index in [4.69, 9.17) is 9.47 Å². The Hall–Kier alpha value is -2.08. The third kappa shape index (κ3) is 3.76. The maximum absolute atomic E-state index is 12.0. The van der Waals surface area contributed by atoms with Crippen LogP contribution in [0.15, 0.2) is 24.3 Å². The molecule has 1 aliphatic heterocycles. The normalized spacial score (nSPS) is 21.6. The molecule has 22 heavy (non-hydrogen) atoms. The van der Waals surface area contributed by atoms with Gasteiger partial charge in [-0.05, 0) is 37.6 Å². The number of esters is 1. The Morgan fingerprint density at radius 1 is 1.41 bits per heavy atom. The molecule has 120 valence electrons. The Labute approximate surface area is 130 Å². The molecule has 2 N–H and O–H groups in total. The molecule has 0 radical (unpaired) electrons. The van der Waals surface area contributed by atoms with Gasteiger partial charge in [0.25, 0.3) is 0 Å². The van der Waals surface area contributed by atoms with Gasteiger partial charge in [-0.3, -0.25) is 14.9 Å². The third-order valence-corrected chi connectivity index (χ3v) is 3.64. The van der Waals surface area contributed by atoms with E-state index < -0.39 is 5.66 Å². The summed E-state index contributed by atoms with van der Waals surface area (Å²) < 4.78 is 10.3. The van der Waals surface area contributed by atoms with Crippen LogP contribution in [0.3, 0.4) is 0 Å². The monoisotopic (exact) mass is 306 g/mol. The summed E-state index contributed by atoms with van der Waals surface area (Å²) in [6.07, 6.45) is 1.18. The second kappa shape index (κ2) is 7.26. The van der Waals surface area contributed by atoms with Gasteiger partial charge in [0.05, 0.1) is 20.1 Å². The zero-order valence-corrected chi connectivity index (χ0v) is 13.0. The molecule has 6 heteroatoms. The van der Waals surface area contributed by atoms with E-state index in [0.717, 1.165) is 12.0 Å². The smallest absolute Gasteiger partial charge is 0.309 e. The number of hydrogen-bond acceptors (Lipinski definition) is 5. The van der Waals surface area contributed by atoms with Crippen molar-refractivity contribution in [3.63, 3.8) is 0 Å². The lowest BCUT2D eigenvalue weighted by atomic mass is 9.95. The van der Waals surface area contributed by atoms with Crippen molar-refractivity contribution in [2.45, 2.75) is 31.8 Å². The average Bonchev–Trinajstić information content (AvgIpc) is 2.70. The minimum absolute atomic E-state index is 0.0275. The number of benzene rings is 1. The van der Waals surface area contributed by atoms with Crippen molar-refractivity contribution in [1.82, 2.24) is 10.6 Å². The van der Waals surface area contributed by atoms with Crippen molar-refractivity contribution in [3.05, 3.63) is 29.8 Å². The van der Waals surface area contributed by atoms with Crippen LogP contribution in [0.4, 0.5) is 0 Å². The minimum atomic E-state index is -0.964. The molecule has 1 atom stereocenters. The third-order valence-electron chi connectivity index (χ3n) is 3.64. The zero-order valence-electron chi connectivity index (χ0n) is 13.0. The molecule has 1 aliphatic rings. The molecule has 1 aromatic rings. The van der Waals surface area contributed by atoms with E-state index in [2.05, 4.69) is 10.6 Å². The minimum Gasteiger partial charge on any atom is -0.497 e. The van der Waals surface area contributed by atoms with Gasteiger partial charge in [0.1, 0.15) is 11.4 Å². The van der Waals surface area contributed by atoms with E-state index in [-0.39, 0.29) is 18.3 Å². The predicted octanol–water partition coefficient (Wildman–Crippen LogP) is 1.30. The molecule has 1 unspecified atom stereocenters. The topological polar surface area (TPSA) is 76.7 Å². The number of methoxy groups -OCH3 is 1. The molecule has 0 aliphatic carbocycles. The molecule has 0 saturated carbocycles.